The summed E-state index contributed by atoms with van der Waals surface area (Å²) in [6.45, 7) is 2.16. The van der Waals surface area contributed by atoms with Crippen LogP contribution in [-0.2, 0) is 4.79 Å². The van der Waals surface area contributed by atoms with Gasteiger partial charge < -0.3 is 15.2 Å². The van der Waals surface area contributed by atoms with Gasteiger partial charge in [-0.2, -0.15) is 4.98 Å². The molecule has 0 aliphatic carbocycles. The molecule has 2 N–H and O–H groups in total. The van der Waals surface area contributed by atoms with Crippen molar-refractivity contribution in [2.24, 2.45) is 5.73 Å². The Hall–Kier alpha value is -1.70. The van der Waals surface area contributed by atoms with Crippen LogP contribution >= 0.6 is 23.2 Å². The number of nitrogens with zero attached hydrogens (tertiary/aromatic N) is 3. The molecule has 2 aromatic rings. The highest BCUT2D eigenvalue weighted by atomic mass is 35.5. The van der Waals surface area contributed by atoms with E-state index in [0.717, 1.165) is 0 Å². The highest BCUT2D eigenvalue weighted by Gasteiger charge is 2.34. The SMILES string of the molecule is C[C@H](c1nc(-c2ccc(Cl)cc2Cl)no1)[C@H](N)C(=O)N1CC[C@H](F)C1. The summed E-state index contributed by atoms with van der Waals surface area (Å²) in [4.78, 5) is 18.1. The van der Waals surface area contributed by atoms with Crippen molar-refractivity contribution in [2.75, 3.05) is 13.1 Å². The second kappa shape index (κ2) is 7.27. The van der Waals surface area contributed by atoms with Crippen molar-refractivity contribution < 1.29 is 13.7 Å². The number of aromatic nitrogens is 2. The average molecular weight is 387 g/mol. The predicted octanol–water partition coefficient (Wildman–Crippen LogP) is 3.04. The van der Waals surface area contributed by atoms with E-state index in [1.165, 1.54) is 4.90 Å². The van der Waals surface area contributed by atoms with Gasteiger partial charge in [-0.1, -0.05) is 35.3 Å². The minimum absolute atomic E-state index is 0.0781. The fourth-order valence-electron chi connectivity index (χ4n) is 2.70. The van der Waals surface area contributed by atoms with Crippen LogP contribution in [0.5, 0.6) is 0 Å². The molecule has 9 heteroatoms. The molecule has 2 heterocycles. The lowest BCUT2D eigenvalue weighted by Crippen LogP contribution is -2.45. The molecule has 25 heavy (non-hydrogen) atoms. The maximum absolute atomic E-state index is 13.3. The van der Waals surface area contributed by atoms with Crippen LogP contribution in [0.25, 0.3) is 11.4 Å². The summed E-state index contributed by atoms with van der Waals surface area (Å²) in [6, 6.07) is 4.03. The lowest BCUT2D eigenvalue weighted by Gasteiger charge is -2.22. The first kappa shape index (κ1) is 18.1. The molecule has 0 radical (unpaired) electrons. The number of carbonyl (C=O) groups is 1. The van der Waals surface area contributed by atoms with E-state index in [0.29, 0.717) is 28.6 Å². The second-order valence-corrected chi connectivity index (χ2v) is 6.91. The molecule has 0 saturated carbocycles. The smallest absolute Gasteiger partial charge is 0.240 e. The highest BCUT2D eigenvalue weighted by Crippen LogP contribution is 2.30. The third-order valence-electron chi connectivity index (χ3n) is 4.27. The fraction of sp³-hybridized carbons (Fsp3) is 0.438. The van der Waals surface area contributed by atoms with E-state index in [1.807, 2.05) is 0 Å². The summed E-state index contributed by atoms with van der Waals surface area (Å²) in [7, 11) is 0. The van der Waals surface area contributed by atoms with Crippen LogP contribution < -0.4 is 5.73 Å². The molecular weight excluding hydrogens is 370 g/mol. The number of hydrogen-bond acceptors (Lipinski definition) is 5. The first-order valence-electron chi connectivity index (χ1n) is 7.84. The number of hydrogen-bond donors (Lipinski definition) is 1. The molecule has 0 spiro atoms. The molecule has 6 nitrogen and oxygen atoms in total. The maximum atomic E-state index is 13.3. The van der Waals surface area contributed by atoms with Crippen molar-refractivity contribution in [2.45, 2.75) is 31.5 Å². The van der Waals surface area contributed by atoms with Crippen molar-refractivity contribution in [1.82, 2.24) is 15.0 Å². The molecule has 1 saturated heterocycles. The predicted molar refractivity (Wildman–Crippen MR) is 92.2 cm³/mol. The average Bonchev–Trinajstić information content (AvgIpc) is 3.22. The quantitative estimate of drug-likeness (QED) is 0.872. The number of rotatable bonds is 4. The van der Waals surface area contributed by atoms with Crippen LogP contribution in [0.3, 0.4) is 0 Å². The lowest BCUT2D eigenvalue weighted by atomic mass is 10.0. The Morgan fingerprint density at radius 3 is 2.88 bits per heavy atom. The molecule has 1 aromatic heterocycles. The number of benzene rings is 1. The van der Waals surface area contributed by atoms with Crippen LogP contribution in [0.1, 0.15) is 25.2 Å². The molecule has 1 fully saturated rings. The Bertz CT molecular complexity index is 785. The zero-order valence-electron chi connectivity index (χ0n) is 13.5. The van der Waals surface area contributed by atoms with Gasteiger partial charge in [0.15, 0.2) is 0 Å². The monoisotopic (exact) mass is 386 g/mol. The van der Waals surface area contributed by atoms with Crippen LogP contribution in [0.15, 0.2) is 22.7 Å². The van der Waals surface area contributed by atoms with Crippen LogP contribution in [0.2, 0.25) is 10.0 Å². The Morgan fingerprint density at radius 2 is 2.24 bits per heavy atom. The number of halogens is 3. The Morgan fingerprint density at radius 1 is 1.48 bits per heavy atom. The van der Waals surface area contributed by atoms with Gasteiger partial charge >= 0.3 is 0 Å². The minimum Gasteiger partial charge on any atom is -0.339 e. The topological polar surface area (TPSA) is 85.2 Å². The van der Waals surface area contributed by atoms with E-state index in [4.69, 9.17) is 33.5 Å². The molecule has 134 valence electrons. The first-order chi connectivity index (χ1) is 11.9. The van der Waals surface area contributed by atoms with Crippen molar-refractivity contribution in [3.63, 3.8) is 0 Å². The van der Waals surface area contributed by atoms with Crippen molar-refractivity contribution in [1.29, 1.82) is 0 Å². The lowest BCUT2D eigenvalue weighted by molar-refractivity contribution is -0.132. The van der Waals surface area contributed by atoms with E-state index in [9.17, 15) is 9.18 Å². The fourth-order valence-corrected chi connectivity index (χ4v) is 3.19. The van der Waals surface area contributed by atoms with Crippen molar-refractivity contribution in [3.8, 4) is 11.4 Å². The van der Waals surface area contributed by atoms with Gasteiger partial charge in [-0.25, -0.2) is 4.39 Å². The molecule has 0 bridgehead atoms. The molecule has 3 rings (SSSR count). The number of nitrogens with two attached hydrogens (primary N) is 1. The normalized spacial score (nSPS) is 19.9. The van der Waals surface area contributed by atoms with Crippen LogP contribution in [-0.4, -0.2) is 46.3 Å². The van der Waals surface area contributed by atoms with Crippen LogP contribution in [0, 0.1) is 0 Å². The van der Waals surface area contributed by atoms with Gasteiger partial charge in [0, 0.05) is 17.1 Å². The first-order valence-corrected chi connectivity index (χ1v) is 8.60. The summed E-state index contributed by atoms with van der Waals surface area (Å²) in [5, 5.41) is 4.78. The van der Waals surface area contributed by atoms with E-state index in [2.05, 4.69) is 10.1 Å². The zero-order valence-corrected chi connectivity index (χ0v) is 15.0. The number of carbonyl (C=O) groups excluding carboxylic acids is 1. The van der Waals surface area contributed by atoms with Crippen molar-refractivity contribution in [3.05, 3.63) is 34.1 Å². The largest absolute Gasteiger partial charge is 0.339 e. The number of alkyl halides is 1. The summed E-state index contributed by atoms with van der Waals surface area (Å²) in [6.07, 6.45) is -0.652. The number of likely N-dealkylation sites (tertiary alicyclic amines) is 1. The van der Waals surface area contributed by atoms with Crippen LogP contribution in [0.4, 0.5) is 4.39 Å². The van der Waals surface area contributed by atoms with Gasteiger partial charge in [-0.05, 0) is 24.6 Å². The molecule has 0 unspecified atom stereocenters. The molecule has 1 amide bonds. The maximum Gasteiger partial charge on any atom is 0.240 e. The third kappa shape index (κ3) is 3.78. The van der Waals surface area contributed by atoms with E-state index >= 15 is 0 Å². The zero-order chi connectivity index (χ0) is 18.1. The van der Waals surface area contributed by atoms with Gasteiger partial charge in [-0.3, -0.25) is 4.79 Å². The molecule has 1 aliphatic rings. The van der Waals surface area contributed by atoms with E-state index in [1.54, 1.807) is 25.1 Å². The summed E-state index contributed by atoms with van der Waals surface area (Å²) >= 11 is 12.0. The third-order valence-corrected chi connectivity index (χ3v) is 4.82. The molecule has 3 atom stereocenters. The molecule has 1 aliphatic heterocycles. The van der Waals surface area contributed by atoms with Gasteiger partial charge in [0.25, 0.3) is 0 Å². The van der Waals surface area contributed by atoms with E-state index < -0.39 is 18.1 Å². The van der Waals surface area contributed by atoms with Gasteiger partial charge in [0.1, 0.15) is 6.17 Å². The van der Waals surface area contributed by atoms with Gasteiger partial charge in [0.05, 0.1) is 23.5 Å². The summed E-state index contributed by atoms with van der Waals surface area (Å²) in [5.74, 6) is -0.332. The van der Waals surface area contributed by atoms with E-state index in [-0.39, 0.29) is 24.2 Å². The minimum atomic E-state index is -0.992. The molecular formula is C16H17Cl2FN4O2. The standard InChI is InChI=1S/C16H17Cl2FN4O2/c1-8(13(20)16(24)23-5-4-10(19)7-23)15-21-14(22-25-15)11-3-2-9(17)6-12(11)18/h2-3,6,8,10,13H,4-5,7,20H2,1H3/t8-,10-,13-/m0/s1. The van der Waals surface area contributed by atoms with Gasteiger partial charge in [0.2, 0.25) is 17.6 Å². The Balaban J connectivity index is 1.76. The van der Waals surface area contributed by atoms with Crippen molar-refractivity contribution >= 4 is 29.1 Å². The summed E-state index contributed by atoms with van der Waals surface area (Å²) in [5.41, 5.74) is 6.59. The second-order valence-electron chi connectivity index (χ2n) is 6.07. The molecule has 1 aromatic carbocycles. The number of amides is 1. The van der Waals surface area contributed by atoms with Gasteiger partial charge in [-0.15, -0.1) is 0 Å². The Kier molecular flexibility index (Phi) is 5.27. The Labute approximate surface area is 154 Å². The highest BCUT2D eigenvalue weighted by molar-refractivity contribution is 6.36. The summed E-state index contributed by atoms with van der Waals surface area (Å²) < 4.78 is 18.5.